The third-order valence-electron chi connectivity index (χ3n) is 5.99. The summed E-state index contributed by atoms with van der Waals surface area (Å²) in [5, 5.41) is 0. The number of ether oxygens (including phenoxy) is 2. The summed E-state index contributed by atoms with van der Waals surface area (Å²) in [6.07, 6.45) is 3.97. The van der Waals surface area contributed by atoms with Crippen LogP contribution < -0.4 is 4.18 Å². The molecule has 1 atom stereocenters. The van der Waals surface area contributed by atoms with Crippen LogP contribution in [-0.4, -0.2) is 51.1 Å². The molecule has 2 aromatic rings. The number of hydrogen-bond acceptors (Lipinski definition) is 7. The lowest BCUT2D eigenvalue weighted by Gasteiger charge is -2.26. The normalized spacial score (nSPS) is 15.5. The topological polar surface area (TPSA) is 99.2 Å². The Hall–Kier alpha value is -2.91. The Morgan fingerprint density at radius 1 is 1.11 bits per heavy atom. The van der Waals surface area contributed by atoms with Gasteiger partial charge in [0.15, 0.2) is 0 Å². The molecule has 1 heterocycles. The van der Waals surface area contributed by atoms with Crippen LogP contribution in [0.1, 0.15) is 68.8 Å². The predicted molar refractivity (Wildman–Crippen MR) is 140 cm³/mol. The highest BCUT2D eigenvalue weighted by Crippen LogP contribution is 2.24. The third-order valence-corrected chi connectivity index (χ3v) is 7.30. The van der Waals surface area contributed by atoms with Crippen molar-refractivity contribution in [2.45, 2.75) is 70.4 Å². The van der Waals surface area contributed by atoms with Gasteiger partial charge in [0.2, 0.25) is 5.91 Å². The number of unbranched alkanes of at least 4 members (excludes halogenated alkanes) is 1. The molecule has 0 N–H and O–H groups in total. The quantitative estimate of drug-likeness (QED) is 0.205. The predicted octanol–water partition coefficient (Wildman–Crippen LogP) is 4.96. The first-order valence-electron chi connectivity index (χ1n) is 12.9. The van der Waals surface area contributed by atoms with Crippen molar-refractivity contribution in [1.29, 1.82) is 0 Å². The number of carbonyl (C=O) groups is 2. The van der Waals surface area contributed by atoms with E-state index in [0.29, 0.717) is 25.9 Å². The summed E-state index contributed by atoms with van der Waals surface area (Å²) in [6, 6.07) is 12.4. The highest BCUT2D eigenvalue weighted by Gasteiger charge is 2.26. The van der Waals surface area contributed by atoms with E-state index in [4.69, 9.17) is 13.7 Å². The fraction of sp³-hybridized carbons (Fsp3) is 0.500. The van der Waals surface area contributed by atoms with E-state index in [-0.39, 0.29) is 40.7 Å². The van der Waals surface area contributed by atoms with Gasteiger partial charge in [0.1, 0.15) is 10.6 Å². The van der Waals surface area contributed by atoms with Crippen LogP contribution in [0.4, 0.5) is 0 Å². The summed E-state index contributed by atoms with van der Waals surface area (Å²) in [7, 11) is -4.28. The second-order valence-electron chi connectivity index (χ2n) is 9.67. The zero-order valence-corrected chi connectivity index (χ0v) is 22.7. The molecular weight excluding hydrogens is 494 g/mol. The van der Waals surface area contributed by atoms with Crippen LogP contribution in [0.15, 0.2) is 53.4 Å². The van der Waals surface area contributed by atoms with Gasteiger partial charge >= 0.3 is 16.1 Å². The van der Waals surface area contributed by atoms with Gasteiger partial charge in [-0.1, -0.05) is 51.5 Å². The fourth-order valence-corrected chi connectivity index (χ4v) is 5.17. The summed E-state index contributed by atoms with van der Waals surface area (Å²) in [5.41, 5.74) is 0.781. The first-order chi connectivity index (χ1) is 17.7. The lowest BCUT2D eigenvalue weighted by molar-refractivity contribution is -0.134. The van der Waals surface area contributed by atoms with Gasteiger partial charge in [0.05, 0.1) is 18.3 Å². The lowest BCUT2D eigenvalue weighted by Crippen LogP contribution is -2.37. The van der Waals surface area contributed by atoms with Gasteiger partial charge in [-0.25, -0.2) is 4.79 Å². The standard InChI is InChI=1S/C28H37NO7S/c1-4-5-16-35-28(31)25-10-6-7-11-26(25)37(32,33)36-23-14-12-22(13-15-23)19-29(27(30)18-21(2)3)20-24-9-8-17-34-24/h6-7,10-15,21,24H,4-5,8-9,16-20H2,1-3H3/t24-/m1/s1. The molecule has 202 valence electrons. The second-order valence-corrected chi connectivity index (χ2v) is 11.2. The molecule has 1 aliphatic rings. The summed E-state index contributed by atoms with van der Waals surface area (Å²) >= 11 is 0. The van der Waals surface area contributed by atoms with Crippen LogP contribution in [0, 0.1) is 5.92 Å². The molecule has 0 aliphatic carbocycles. The SMILES string of the molecule is CCCCOC(=O)c1ccccc1S(=O)(=O)Oc1ccc(CN(C[C@H]2CCCO2)C(=O)CC(C)C)cc1. The number of carbonyl (C=O) groups excluding carboxylic acids is 2. The molecular formula is C28H37NO7S. The molecule has 8 nitrogen and oxygen atoms in total. The highest BCUT2D eigenvalue weighted by atomic mass is 32.2. The van der Waals surface area contributed by atoms with E-state index in [9.17, 15) is 18.0 Å². The highest BCUT2D eigenvalue weighted by molar-refractivity contribution is 7.87. The van der Waals surface area contributed by atoms with E-state index in [2.05, 4.69) is 0 Å². The molecule has 37 heavy (non-hydrogen) atoms. The van der Waals surface area contributed by atoms with Crippen LogP contribution in [0.2, 0.25) is 0 Å². The minimum Gasteiger partial charge on any atom is -0.462 e. The fourth-order valence-electron chi connectivity index (χ4n) is 4.05. The van der Waals surface area contributed by atoms with Crippen LogP contribution in [-0.2, 0) is 30.9 Å². The molecule has 0 aromatic heterocycles. The molecule has 1 saturated heterocycles. The van der Waals surface area contributed by atoms with Gasteiger partial charge < -0.3 is 18.6 Å². The molecule has 9 heteroatoms. The van der Waals surface area contributed by atoms with Crippen molar-refractivity contribution >= 4 is 22.0 Å². The van der Waals surface area contributed by atoms with Crippen molar-refractivity contribution in [3.05, 3.63) is 59.7 Å². The first kappa shape index (κ1) is 28.7. The summed E-state index contributed by atoms with van der Waals surface area (Å²) in [4.78, 5) is 26.9. The Balaban J connectivity index is 1.71. The zero-order chi connectivity index (χ0) is 26.8. The van der Waals surface area contributed by atoms with E-state index in [1.807, 2.05) is 25.7 Å². The minimum absolute atomic E-state index is 0.0394. The third kappa shape index (κ3) is 8.57. The van der Waals surface area contributed by atoms with Gasteiger partial charge in [-0.2, -0.15) is 8.42 Å². The van der Waals surface area contributed by atoms with Crippen LogP contribution >= 0.6 is 0 Å². The van der Waals surface area contributed by atoms with Gasteiger partial charge in [0.25, 0.3) is 0 Å². The molecule has 0 saturated carbocycles. The van der Waals surface area contributed by atoms with Gasteiger partial charge in [-0.05, 0) is 55.0 Å². The summed E-state index contributed by atoms with van der Waals surface area (Å²) in [5.74, 6) is -0.288. The molecule has 1 aliphatic heterocycles. The second kappa shape index (κ2) is 13.6. The van der Waals surface area contributed by atoms with E-state index in [1.165, 1.54) is 18.2 Å². The van der Waals surface area contributed by atoms with Crippen molar-refractivity contribution in [2.24, 2.45) is 5.92 Å². The first-order valence-corrected chi connectivity index (χ1v) is 14.3. The summed E-state index contributed by atoms with van der Waals surface area (Å²) in [6.45, 7) is 7.85. The zero-order valence-electron chi connectivity index (χ0n) is 21.9. The van der Waals surface area contributed by atoms with Gasteiger partial charge in [0, 0.05) is 26.1 Å². The van der Waals surface area contributed by atoms with E-state index in [0.717, 1.165) is 31.4 Å². The average molecular weight is 532 g/mol. The van der Waals surface area contributed by atoms with E-state index < -0.39 is 16.1 Å². The Kier molecular flexibility index (Phi) is 10.5. The molecule has 3 rings (SSSR count). The van der Waals surface area contributed by atoms with E-state index in [1.54, 1.807) is 30.3 Å². The van der Waals surface area contributed by atoms with Gasteiger partial charge in [-0.15, -0.1) is 0 Å². The largest absolute Gasteiger partial charge is 0.462 e. The van der Waals surface area contributed by atoms with Crippen molar-refractivity contribution in [3.63, 3.8) is 0 Å². The van der Waals surface area contributed by atoms with E-state index >= 15 is 0 Å². The maximum absolute atomic E-state index is 13.0. The maximum atomic E-state index is 13.0. The van der Waals surface area contributed by atoms with Crippen molar-refractivity contribution in [2.75, 3.05) is 19.8 Å². The Morgan fingerprint density at radius 2 is 1.84 bits per heavy atom. The van der Waals surface area contributed by atoms with Crippen molar-refractivity contribution in [1.82, 2.24) is 4.90 Å². The molecule has 0 spiro atoms. The molecule has 2 aromatic carbocycles. The van der Waals surface area contributed by atoms with Crippen LogP contribution in [0.3, 0.4) is 0 Å². The average Bonchev–Trinajstić information content (AvgIpc) is 3.37. The number of hydrogen-bond donors (Lipinski definition) is 0. The Bertz CT molecular complexity index is 1140. The van der Waals surface area contributed by atoms with Crippen molar-refractivity contribution in [3.8, 4) is 5.75 Å². The van der Waals surface area contributed by atoms with Crippen LogP contribution in [0.25, 0.3) is 0 Å². The van der Waals surface area contributed by atoms with Crippen molar-refractivity contribution < 1.29 is 31.7 Å². The Labute approximate surface area is 220 Å². The number of nitrogens with zero attached hydrogens (tertiary/aromatic N) is 1. The number of amides is 1. The lowest BCUT2D eigenvalue weighted by atomic mass is 10.1. The van der Waals surface area contributed by atoms with Crippen LogP contribution in [0.5, 0.6) is 5.75 Å². The molecule has 0 bridgehead atoms. The minimum atomic E-state index is -4.28. The summed E-state index contributed by atoms with van der Waals surface area (Å²) < 4.78 is 42.3. The number of benzene rings is 2. The molecule has 0 radical (unpaired) electrons. The maximum Gasteiger partial charge on any atom is 0.340 e. The Morgan fingerprint density at radius 3 is 2.49 bits per heavy atom. The molecule has 1 fully saturated rings. The monoisotopic (exact) mass is 531 g/mol. The molecule has 0 unspecified atom stereocenters. The number of esters is 1. The van der Waals surface area contributed by atoms with Gasteiger partial charge in [-0.3, -0.25) is 4.79 Å². The smallest absolute Gasteiger partial charge is 0.340 e. The molecule has 1 amide bonds. The number of rotatable bonds is 13.